The van der Waals surface area contributed by atoms with Crippen molar-refractivity contribution in [3.8, 4) is 11.5 Å². The number of nitrogens with zero attached hydrogens (tertiary/aromatic N) is 4. The highest BCUT2D eigenvalue weighted by atomic mass is 32.1. The Morgan fingerprint density at radius 2 is 1.91 bits per heavy atom. The lowest BCUT2D eigenvalue weighted by Crippen LogP contribution is -2.73. The summed E-state index contributed by atoms with van der Waals surface area (Å²) in [5.74, 6) is -1.01. The summed E-state index contributed by atoms with van der Waals surface area (Å²) in [5.41, 5.74) is 2.43. The highest BCUT2D eigenvalue weighted by Gasteiger charge is 2.49. The number of benzene rings is 2. The maximum atomic E-state index is 13.9. The van der Waals surface area contributed by atoms with Crippen molar-refractivity contribution in [2.45, 2.75) is 13.0 Å². The molecule has 0 unspecified atom stereocenters. The minimum atomic E-state index is -2.81. The van der Waals surface area contributed by atoms with E-state index in [1.807, 2.05) is 23.1 Å². The van der Waals surface area contributed by atoms with Crippen LogP contribution in [0.4, 0.5) is 18.9 Å². The van der Waals surface area contributed by atoms with Crippen LogP contribution < -0.4 is 10.2 Å². The second-order valence-corrected chi connectivity index (χ2v) is 8.62. The number of nitrogens with one attached hydrogen (secondary N) is 1. The Bertz CT molecular complexity index is 1120. The molecule has 2 aromatic carbocycles. The fraction of sp³-hybridized carbons (Fsp3) is 0.318. The summed E-state index contributed by atoms with van der Waals surface area (Å²) < 4.78 is 44.3. The van der Waals surface area contributed by atoms with Crippen LogP contribution in [0, 0.1) is 11.2 Å². The summed E-state index contributed by atoms with van der Waals surface area (Å²) in [4.78, 5) is 4.05. The van der Waals surface area contributed by atoms with Gasteiger partial charge in [-0.3, -0.25) is 0 Å². The van der Waals surface area contributed by atoms with Gasteiger partial charge < -0.3 is 19.5 Å². The first kappa shape index (κ1) is 20.9. The normalized spacial score (nSPS) is 16.7. The summed E-state index contributed by atoms with van der Waals surface area (Å²) in [7, 11) is 0. The van der Waals surface area contributed by atoms with Gasteiger partial charge in [-0.1, -0.05) is 18.2 Å². The van der Waals surface area contributed by atoms with Gasteiger partial charge in [-0.25, -0.2) is 4.39 Å². The summed E-state index contributed by atoms with van der Waals surface area (Å²) in [6, 6.07) is 13.5. The lowest BCUT2D eigenvalue weighted by molar-refractivity contribution is 0.00757. The third-order valence-electron chi connectivity index (χ3n) is 5.84. The minimum Gasteiger partial charge on any atom is -0.415 e. The quantitative estimate of drug-likeness (QED) is 0.579. The van der Waals surface area contributed by atoms with Gasteiger partial charge in [-0.2, -0.15) is 8.78 Å². The minimum absolute atomic E-state index is 0.0318. The highest BCUT2D eigenvalue weighted by molar-refractivity contribution is 7.80. The average molecular weight is 459 g/mol. The monoisotopic (exact) mass is 459 g/mol. The Morgan fingerprint density at radius 3 is 2.50 bits per heavy atom. The third-order valence-corrected chi connectivity index (χ3v) is 6.32. The fourth-order valence-electron chi connectivity index (χ4n) is 4.06. The predicted molar refractivity (Wildman–Crippen MR) is 117 cm³/mol. The number of hydrogen-bond donors (Lipinski definition) is 1. The first-order chi connectivity index (χ1) is 15.4. The van der Waals surface area contributed by atoms with Gasteiger partial charge in [0.05, 0.1) is 6.54 Å². The van der Waals surface area contributed by atoms with E-state index in [9.17, 15) is 13.2 Å². The number of aromatic nitrogens is 2. The van der Waals surface area contributed by atoms with Gasteiger partial charge in [-0.05, 0) is 48.1 Å². The largest absolute Gasteiger partial charge is 0.415 e. The van der Waals surface area contributed by atoms with Crippen LogP contribution in [-0.4, -0.2) is 46.4 Å². The number of thiocarbonyl (C=S) groups is 1. The van der Waals surface area contributed by atoms with E-state index in [2.05, 4.69) is 20.4 Å². The van der Waals surface area contributed by atoms with Crippen molar-refractivity contribution in [2.24, 2.45) is 5.41 Å². The molecular formula is C22H20F3N5OS. The molecule has 0 radical (unpaired) electrons. The Balaban J connectivity index is 1.35. The second kappa shape index (κ2) is 8.18. The lowest BCUT2D eigenvalue weighted by Gasteiger charge is -2.57. The van der Waals surface area contributed by atoms with Crippen molar-refractivity contribution in [3.63, 3.8) is 0 Å². The summed E-state index contributed by atoms with van der Waals surface area (Å²) in [5, 5.41) is 11.0. The molecule has 1 aromatic heterocycles. The van der Waals surface area contributed by atoms with Gasteiger partial charge in [0.2, 0.25) is 5.89 Å². The fourth-order valence-corrected chi connectivity index (χ4v) is 4.36. The Kier molecular flexibility index (Phi) is 5.34. The molecule has 32 heavy (non-hydrogen) atoms. The van der Waals surface area contributed by atoms with Gasteiger partial charge in [0.25, 0.3) is 5.89 Å². The van der Waals surface area contributed by atoms with Gasteiger partial charge in [0.1, 0.15) is 5.82 Å². The molecule has 0 aliphatic carbocycles. The first-order valence-corrected chi connectivity index (χ1v) is 10.6. The highest BCUT2D eigenvalue weighted by Crippen LogP contribution is 2.36. The maximum absolute atomic E-state index is 13.9. The molecule has 0 saturated carbocycles. The molecular weight excluding hydrogens is 439 g/mol. The van der Waals surface area contributed by atoms with Gasteiger partial charge in [0.15, 0.2) is 5.11 Å². The van der Waals surface area contributed by atoms with Crippen molar-refractivity contribution in [2.75, 3.05) is 31.1 Å². The van der Waals surface area contributed by atoms with Crippen LogP contribution in [-0.2, 0) is 6.54 Å². The zero-order valence-corrected chi connectivity index (χ0v) is 17.8. The van der Waals surface area contributed by atoms with E-state index in [4.69, 9.17) is 16.6 Å². The molecule has 2 saturated heterocycles. The smallest absolute Gasteiger partial charge is 0.314 e. The zero-order valence-electron chi connectivity index (χ0n) is 17.0. The first-order valence-electron chi connectivity index (χ1n) is 10.2. The molecule has 2 aliphatic rings. The Labute approximate surface area is 188 Å². The van der Waals surface area contributed by atoms with E-state index in [1.54, 1.807) is 18.2 Å². The van der Waals surface area contributed by atoms with E-state index >= 15 is 0 Å². The molecule has 6 nitrogen and oxygen atoms in total. The van der Waals surface area contributed by atoms with Crippen LogP contribution >= 0.6 is 12.2 Å². The molecule has 3 aromatic rings. The number of anilines is 1. The molecule has 0 atom stereocenters. The standard InChI is InChI=1S/C22H20F3N5OS/c23-16-2-1-3-17(8-16)30(21(32)29-12-22(13-29)10-26-11-22)9-14-4-6-15(7-5-14)19-27-28-20(31-19)18(24)25/h1-8,18,26H,9-13H2. The molecule has 1 N–H and O–H groups in total. The van der Waals surface area contributed by atoms with Crippen molar-refractivity contribution in [1.29, 1.82) is 0 Å². The van der Waals surface area contributed by atoms with Crippen molar-refractivity contribution in [3.05, 3.63) is 65.8 Å². The van der Waals surface area contributed by atoms with Crippen LogP contribution in [0.15, 0.2) is 52.9 Å². The number of halogens is 3. The van der Waals surface area contributed by atoms with Crippen LogP contribution in [0.5, 0.6) is 0 Å². The zero-order chi connectivity index (χ0) is 22.3. The Hall–Kier alpha value is -2.98. The third kappa shape index (κ3) is 3.95. The summed E-state index contributed by atoms with van der Waals surface area (Å²) >= 11 is 5.78. The van der Waals surface area contributed by atoms with Crippen LogP contribution in [0.2, 0.25) is 0 Å². The molecule has 10 heteroatoms. The van der Waals surface area contributed by atoms with E-state index < -0.39 is 12.3 Å². The molecule has 2 aliphatic heterocycles. The topological polar surface area (TPSA) is 57.4 Å². The van der Waals surface area contributed by atoms with Crippen molar-refractivity contribution < 1.29 is 17.6 Å². The average Bonchev–Trinajstić information content (AvgIpc) is 3.21. The van der Waals surface area contributed by atoms with Crippen LogP contribution in [0.25, 0.3) is 11.5 Å². The van der Waals surface area contributed by atoms with Crippen LogP contribution in [0.1, 0.15) is 17.9 Å². The van der Waals surface area contributed by atoms with E-state index in [1.165, 1.54) is 12.1 Å². The molecule has 5 rings (SSSR count). The van der Waals surface area contributed by atoms with E-state index in [0.29, 0.717) is 28.3 Å². The number of hydrogen-bond acceptors (Lipinski definition) is 5. The number of rotatable bonds is 5. The second-order valence-electron chi connectivity index (χ2n) is 8.25. The summed E-state index contributed by atoms with van der Waals surface area (Å²) in [6.07, 6.45) is -2.81. The van der Waals surface area contributed by atoms with E-state index in [0.717, 1.165) is 31.7 Å². The number of likely N-dealkylation sites (tertiary alicyclic amines) is 1. The van der Waals surface area contributed by atoms with Crippen molar-refractivity contribution in [1.82, 2.24) is 20.4 Å². The van der Waals surface area contributed by atoms with Crippen molar-refractivity contribution >= 4 is 23.0 Å². The van der Waals surface area contributed by atoms with Gasteiger partial charge in [-0.15, -0.1) is 10.2 Å². The van der Waals surface area contributed by atoms with Gasteiger partial charge in [0, 0.05) is 42.8 Å². The predicted octanol–water partition coefficient (Wildman–Crippen LogP) is 4.01. The lowest BCUT2D eigenvalue weighted by atomic mass is 9.75. The van der Waals surface area contributed by atoms with E-state index in [-0.39, 0.29) is 11.7 Å². The van der Waals surface area contributed by atoms with Gasteiger partial charge >= 0.3 is 6.43 Å². The Morgan fingerprint density at radius 1 is 1.16 bits per heavy atom. The molecule has 1 spiro atoms. The molecule has 0 bridgehead atoms. The molecule has 0 amide bonds. The van der Waals surface area contributed by atoms with Crippen LogP contribution in [0.3, 0.4) is 0 Å². The SMILES string of the molecule is Fc1cccc(N(Cc2ccc(-c3nnc(C(F)F)o3)cc2)C(=S)N2CC3(CNC3)C2)c1. The number of alkyl halides is 2. The summed E-state index contributed by atoms with van der Waals surface area (Å²) in [6.45, 7) is 4.18. The molecule has 166 valence electrons. The molecule has 2 fully saturated rings. The molecule has 3 heterocycles. The maximum Gasteiger partial charge on any atom is 0.314 e.